The third-order valence-corrected chi connectivity index (χ3v) is 4.67. The zero-order chi connectivity index (χ0) is 18.3. The van der Waals surface area contributed by atoms with Gasteiger partial charge in [0.1, 0.15) is 5.58 Å². The molecule has 0 radical (unpaired) electrons. The van der Waals surface area contributed by atoms with Gasteiger partial charge in [0.15, 0.2) is 0 Å². The highest BCUT2D eigenvalue weighted by Crippen LogP contribution is 2.24. The summed E-state index contributed by atoms with van der Waals surface area (Å²) in [5, 5.41) is 13.7. The van der Waals surface area contributed by atoms with Gasteiger partial charge in [-0.25, -0.2) is 4.79 Å². The van der Waals surface area contributed by atoms with Gasteiger partial charge in [0.25, 0.3) is 0 Å². The molecular formula is C20H18N4O2. The number of tetrazole rings is 1. The molecule has 0 bridgehead atoms. The topological polar surface area (TPSA) is 73.8 Å². The average Bonchev–Trinajstić information content (AvgIpc) is 3.07. The minimum absolute atomic E-state index is 0.351. The molecule has 2 heterocycles. The highest BCUT2D eigenvalue weighted by atomic mass is 16.4. The van der Waals surface area contributed by atoms with Crippen molar-refractivity contribution in [3.05, 3.63) is 75.1 Å². The van der Waals surface area contributed by atoms with E-state index in [1.807, 2.05) is 57.2 Å². The van der Waals surface area contributed by atoms with Gasteiger partial charge in [-0.3, -0.25) is 0 Å². The maximum Gasteiger partial charge on any atom is 0.336 e. The molecule has 0 spiro atoms. The molecule has 0 N–H and O–H groups in total. The molecule has 2 aromatic heterocycles. The molecular weight excluding hydrogens is 328 g/mol. The summed E-state index contributed by atoms with van der Waals surface area (Å²) >= 11 is 0. The first kappa shape index (κ1) is 16.2. The van der Waals surface area contributed by atoms with Crippen LogP contribution in [0.5, 0.6) is 0 Å². The first-order valence-corrected chi connectivity index (χ1v) is 8.39. The molecule has 0 atom stereocenters. The lowest BCUT2D eigenvalue weighted by Crippen LogP contribution is -2.09. The van der Waals surface area contributed by atoms with E-state index in [4.69, 9.17) is 4.42 Å². The van der Waals surface area contributed by atoms with Crippen molar-refractivity contribution in [1.82, 2.24) is 20.2 Å². The van der Waals surface area contributed by atoms with Crippen LogP contribution < -0.4 is 5.63 Å². The zero-order valence-corrected chi connectivity index (χ0v) is 14.9. The Balaban J connectivity index is 1.76. The monoisotopic (exact) mass is 346 g/mol. The summed E-state index contributed by atoms with van der Waals surface area (Å²) in [4.78, 5) is 13.5. The molecule has 0 fully saturated rings. The number of hydrogen-bond acceptors (Lipinski definition) is 5. The molecule has 0 saturated heterocycles. The second kappa shape index (κ2) is 6.22. The lowest BCUT2D eigenvalue weighted by molar-refractivity contribution is 0.543. The fourth-order valence-electron chi connectivity index (χ4n) is 3.05. The fraction of sp³-hybridized carbons (Fsp3) is 0.200. The molecule has 6 heteroatoms. The normalized spacial score (nSPS) is 11.2. The molecule has 26 heavy (non-hydrogen) atoms. The van der Waals surface area contributed by atoms with Crippen molar-refractivity contribution in [3.63, 3.8) is 0 Å². The van der Waals surface area contributed by atoms with E-state index in [-0.39, 0.29) is 5.63 Å². The molecule has 0 amide bonds. The standard InChI is InChI=1S/C20H18N4O2/c1-12-8-9-17-15(10-18(25)26-19(17)14(12)3)11-24-22-20(21-23-24)16-7-5-4-6-13(16)2/h4-10H,11H2,1-3H3. The van der Waals surface area contributed by atoms with E-state index in [0.29, 0.717) is 18.0 Å². The Morgan fingerprint density at radius 3 is 2.65 bits per heavy atom. The van der Waals surface area contributed by atoms with Crippen LogP contribution in [-0.2, 0) is 6.54 Å². The van der Waals surface area contributed by atoms with Gasteiger partial charge in [-0.15, -0.1) is 10.2 Å². The van der Waals surface area contributed by atoms with Crippen molar-refractivity contribution >= 4 is 11.0 Å². The minimum atomic E-state index is -0.375. The summed E-state index contributed by atoms with van der Waals surface area (Å²) in [6.07, 6.45) is 0. The highest BCUT2D eigenvalue weighted by molar-refractivity contribution is 5.83. The Morgan fingerprint density at radius 2 is 1.85 bits per heavy atom. The molecule has 6 nitrogen and oxygen atoms in total. The zero-order valence-electron chi connectivity index (χ0n) is 14.9. The Hall–Kier alpha value is -3.28. The number of nitrogens with zero attached hydrogens (tertiary/aromatic N) is 4. The lowest BCUT2D eigenvalue weighted by atomic mass is 10.0. The van der Waals surface area contributed by atoms with Crippen LogP contribution in [0.2, 0.25) is 0 Å². The number of fused-ring (bicyclic) bond motifs is 1. The smallest absolute Gasteiger partial charge is 0.336 e. The summed E-state index contributed by atoms with van der Waals surface area (Å²) in [6, 6.07) is 13.4. The van der Waals surface area contributed by atoms with E-state index in [1.165, 1.54) is 10.9 Å². The minimum Gasteiger partial charge on any atom is -0.422 e. The van der Waals surface area contributed by atoms with E-state index in [1.54, 1.807) is 0 Å². The van der Waals surface area contributed by atoms with Gasteiger partial charge in [0, 0.05) is 17.0 Å². The molecule has 0 aliphatic rings. The van der Waals surface area contributed by atoms with Crippen LogP contribution in [0.3, 0.4) is 0 Å². The molecule has 4 rings (SSSR count). The van der Waals surface area contributed by atoms with E-state index >= 15 is 0 Å². The van der Waals surface area contributed by atoms with Gasteiger partial charge >= 0.3 is 5.63 Å². The number of rotatable bonds is 3. The molecule has 0 aliphatic heterocycles. The summed E-state index contributed by atoms with van der Waals surface area (Å²) in [6.45, 7) is 6.31. The third-order valence-electron chi connectivity index (χ3n) is 4.67. The van der Waals surface area contributed by atoms with Crippen LogP contribution >= 0.6 is 0 Å². The molecule has 130 valence electrons. The first-order valence-electron chi connectivity index (χ1n) is 8.39. The van der Waals surface area contributed by atoms with Crippen molar-refractivity contribution in [1.29, 1.82) is 0 Å². The summed E-state index contributed by atoms with van der Waals surface area (Å²) < 4.78 is 5.42. The summed E-state index contributed by atoms with van der Waals surface area (Å²) in [7, 11) is 0. The quantitative estimate of drug-likeness (QED) is 0.531. The SMILES string of the molecule is Cc1ccccc1-c1nnn(Cc2cc(=O)oc3c(C)c(C)ccc23)n1. The Kier molecular flexibility index (Phi) is 3.88. The van der Waals surface area contributed by atoms with Crippen molar-refractivity contribution < 1.29 is 4.42 Å². The van der Waals surface area contributed by atoms with Crippen LogP contribution in [0.1, 0.15) is 22.3 Å². The fourth-order valence-corrected chi connectivity index (χ4v) is 3.05. The predicted octanol–water partition coefficient (Wildman–Crippen LogP) is 3.42. The van der Waals surface area contributed by atoms with Crippen LogP contribution in [0.4, 0.5) is 0 Å². The number of aromatic nitrogens is 4. The Bertz CT molecular complexity index is 1170. The van der Waals surface area contributed by atoms with Crippen LogP contribution in [0.25, 0.3) is 22.4 Å². The molecule has 0 unspecified atom stereocenters. The highest BCUT2D eigenvalue weighted by Gasteiger charge is 2.13. The largest absolute Gasteiger partial charge is 0.422 e. The molecule has 2 aromatic carbocycles. The van der Waals surface area contributed by atoms with Gasteiger partial charge < -0.3 is 4.42 Å². The van der Waals surface area contributed by atoms with Gasteiger partial charge in [0.05, 0.1) is 6.54 Å². The van der Waals surface area contributed by atoms with E-state index < -0.39 is 0 Å². The van der Waals surface area contributed by atoms with E-state index in [0.717, 1.165) is 33.2 Å². The van der Waals surface area contributed by atoms with Crippen molar-refractivity contribution in [2.45, 2.75) is 27.3 Å². The Labute approximate surface area is 150 Å². The molecule has 0 saturated carbocycles. The second-order valence-corrected chi connectivity index (χ2v) is 6.43. The maximum atomic E-state index is 12.0. The van der Waals surface area contributed by atoms with Crippen molar-refractivity contribution in [2.75, 3.05) is 0 Å². The number of hydrogen-bond donors (Lipinski definition) is 0. The van der Waals surface area contributed by atoms with Crippen LogP contribution in [0.15, 0.2) is 51.7 Å². The number of benzene rings is 2. The lowest BCUT2D eigenvalue weighted by Gasteiger charge is -2.08. The van der Waals surface area contributed by atoms with Gasteiger partial charge in [-0.05, 0) is 48.2 Å². The van der Waals surface area contributed by atoms with E-state index in [9.17, 15) is 4.79 Å². The van der Waals surface area contributed by atoms with Gasteiger partial charge in [0.2, 0.25) is 5.82 Å². The predicted molar refractivity (Wildman–Crippen MR) is 99.1 cm³/mol. The van der Waals surface area contributed by atoms with Crippen LogP contribution in [-0.4, -0.2) is 20.2 Å². The first-order chi connectivity index (χ1) is 12.5. The summed E-state index contributed by atoms with van der Waals surface area (Å²) in [5.74, 6) is 0.572. The average molecular weight is 346 g/mol. The summed E-state index contributed by atoms with van der Waals surface area (Å²) in [5.41, 5.74) is 5.14. The molecule has 0 aliphatic carbocycles. The maximum absolute atomic E-state index is 12.0. The van der Waals surface area contributed by atoms with Crippen molar-refractivity contribution in [2.24, 2.45) is 0 Å². The van der Waals surface area contributed by atoms with Gasteiger partial charge in [-0.1, -0.05) is 36.4 Å². The Morgan fingerprint density at radius 1 is 1.04 bits per heavy atom. The second-order valence-electron chi connectivity index (χ2n) is 6.43. The van der Waals surface area contributed by atoms with E-state index in [2.05, 4.69) is 15.4 Å². The third kappa shape index (κ3) is 2.79. The van der Waals surface area contributed by atoms with Gasteiger partial charge in [-0.2, -0.15) is 4.80 Å². The van der Waals surface area contributed by atoms with Crippen LogP contribution in [0, 0.1) is 20.8 Å². The van der Waals surface area contributed by atoms with Crippen molar-refractivity contribution in [3.8, 4) is 11.4 Å². The number of aryl methyl sites for hydroxylation is 3. The molecule has 4 aromatic rings.